The van der Waals surface area contributed by atoms with Gasteiger partial charge in [-0.25, -0.2) is 19.2 Å². The Bertz CT molecular complexity index is 911. The molecule has 1 aromatic carbocycles. The molecule has 1 aliphatic rings. The van der Waals surface area contributed by atoms with Crippen LogP contribution >= 0.6 is 31.9 Å². The van der Waals surface area contributed by atoms with Crippen LogP contribution in [0.4, 0.5) is 0 Å². The molecular formula is C16H10Br2O8. The normalized spacial score (nSPS) is 16.0. The summed E-state index contributed by atoms with van der Waals surface area (Å²) in [6.45, 7) is 0. The summed E-state index contributed by atoms with van der Waals surface area (Å²) in [5.74, 6) is -5.73. The molecule has 0 heterocycles. The van der Waals surface area contributed by atoms with Crippen molar-refractivity contribution in [2.75, 3.05) is 0 Å². The number of benzene rings is 1. The van der Waals surface area contributed by atoms with Crippen LogP contribution in [0.15, 0.2) is 35.4 Å². The quantitative estimate of drug-likeness (QED) is 0.461. The van der Waals surface area contributed by atoms with Crippen LogP contribution in [0, 0.1) is 0 Å². The van der Waals surface area contributed by atoms with Gasteiger partial charge in [-0.3, -0.25) is 0 Å². The third-order valence-electron chi connectivity index (χ3n) is 3.69. The zero-order valence-corrected chi connectivity index (χ0v) is 15.9. The van der Waals surface area contributed by atoms with Crippen molar-refractivity contribution in [3.8, 4) is 0 Å². The lowest BCUT2D eigenvalue weighted by atomic mass is 9.87. The Hall–Kier alpha value is -2.46. The third-order valence-corrected chi connectivity index (χ3v) is 5.10. The van der Waals surface area contributed by atoms with E-state index < -0.39 is 43.8 Å². The van der Waals surface area contributed by atoms with Crippen molar-refractivity contribution in [1.29, 1.82) is 0 Å². The Balaban J connectivity index is 2.73. The van der Waals surface area contributed by atoms with Crippen molar-refractivity contribution in [3.05, 3.63) is 52.1 Å². The highest BCUT2D eigenvalue weighted by molar-refractivity contribution is 9.25. The maximum Gasteiger partial charge on any atom is 0.336 e. The minimum Gasteiger partial charge on any atom is -0.478 e. The molecule has 0 bridgehead atoms. The van der Waals surface area contributed by atoms with E-state index in [9.17, 15) is 34.5 Å². The fraction of sp³-hybridized carbons (Fsp3) is 0.125. The number of carboxylic acid groups (broad SMARTS) is 4. The van der Waals surface area contributed by atoms with Gasteiger partial charge in [-0.15, -0.1) is 0 Å². The van der Waals surface area contributed by atoms with E-state index in [2.05, 4.69) is 31.9 Å². The molecule has 0 spiro atoms. The molecule has 4 N–H and O–H groups in total. The lowest BCUT2D eigenvalue weighted by Gasteiger charge is -2.29. The molecule has 136 valence electrons. The second kappa shape index (κ2) is 7.04. The maximum absolute atomic E-state index is 11.4. The predicted octanol–water partition coefficient (Wildman–Crippen LogP) is 2.82. The molecule has 0 aromatic heterocycles. The minimum absolute atomic E-state index is 0.226. The van der Waals surface area contributed by atoms with E-state index in [1.54, 1.807) is 0 Å². The molecule has 0 saturated carbocycles. The van der Waals surface area contributed by atoms with Crippen LogP contribution in [0.25, 0.3) is 5.57 Å². The first-order valence-corrected chi connectivity index (χ1v) is 8.45. The van der Waals surface area contributed by atoms with Crippen LogP contribution < -0.4 is 0 Å². The number of halogens is 2. The van der Waals surface area contributed by atoms with Gasteiger partial charge in [0.15, 0.2) is 0 Å². The highest BCUT2D eigenvalue weighted by atomic mass is 79.9. The maximum atomic E-state index is 11.4. The van der Waals surface area contributed by atoms with Gasteiger partial charge in [0.05, 0.1) is 22.3 Å². The van der Waals surface area contributed by atoms with E-state index in [0.29, 0.717) is 0 Å². The molecule has 0 radical (unpaired) electrons. The number of aromatic carboxylic acids is 2. The van der Waals surface area contributed by atoms with Gasteiger partial charge in [0.2, 0.25) is 0 Å². The van der Waals surface area contributed by atoms with Gasteiger partial charge >= 0.3 is 23.9 Å². The van der Waals surface area contributed by atoms with Crippen molar-refractivity contribution in [2.24, 2.45) is 0 Å². The summed E-state index contributed by atoms with van der Waals surface area (Å²) < 4.78 is -1.17. The van der Waals surface area contributed by atoms with Crippen molar-refractivity contribution in [3.63, 3.8) is 0 Å². The number of hydrogen-bond donors (Lipinski definition) is 4. The molecule has 0 atom stereocenters. The fourth-order valence-corrected chi connectivity index (χ4v) is 3.75. The number of hydrogen-bond acceptors (Lipinski definition) is 4. The summed E-state index contributed by atoms with van der Waals surface area (Å²) in [6, 6.07) is 3.51. The van der Waals surface area contributed by atoms with Crippen molar-refractivity contribution in [2.45, 2.75) is 9.65 Å². The molecule has 1 aliphatic carbocycles. The molecule has 1 aromatic rings. The highest BCUT2D eigenvalue weighted by Crippen LogP contribution is 2.49. The molecule has 0 aliphatic heterocycles. The first-order valence-electron chi connectivity index (χ1n) is 6.86. The molecule has 10 heteroatoms. The fourth-order valence-electron chi connectivity index (χ4n) is 2.50. The van der Waals surface area contributed by atoms with Gasteiger partial charge in [0, 0.05) is 6.42 Å². The monoisotopic (exact) mass is 488 g/mol. The molecule has 2 rings (SSSR count). The number of rotatable bonds is 5. The van der Waals surface area contributed by atoms with Crippen molar-refractivity contribution < 1.29 is 39.6 Å². The molecule has 0 fully saturated rings. The summed E-state index contributed by atoms with van der Waals surface area (Å²) in [5.41, 5.74) is -1.20. The van der Waals surface area contributed by atoms with Crippen LogP contribution in [-0.2, 0) is 9.59 Å². The average Bonchev–Trinajstić information content (AvgIpc) is 2.52. The van der Waals surface area contributed by atoms with Crippen molar-refractivity contribution >= 4 is 61.3 Å². The number of aliphatic carboxylic acids is 2. The SMILES string of the molecule is O=C(O)C1=C(C(=O)O)CC(Br)(Br)C(c2ccc(C(=O)O)c(C(=O)O)c2)=C1. The van der Waals surface area contributed by atoms with Gasteiger partial charge in [-0.2, -0.15) is 0 Å². The van der Waals surface area contributed by atoms with Crippen molar-refractivity contribution in [1.82, 2.24) is 0 Å². The lowest BCUT2D eigenvalue weighted by molar-refractivity contribution is -0.135. The summed E-state index contributed by atoms with van der Waals surface area (Å²) in [6.07, 6.45) is 0.874. The molecule has 8 nitrogen and oxygen atoms in total. The van der Waals surface area contributed by atoms with Gasteiger partial charge in [0.1, 0.15) is 3.23 Å². The largest absolute Gasteiger partial charge is 0.478 e. The number of carbonyl (C=O) groups is 4. The summed E-state index contributed by atoms with van der Waals surface area (Å²) in [4.78, 5) is 45.2. The zero-order valence-electron chi connectivity index (χ0n) is 12.7. The standard InChI is InChI=1S/C16H10Br2O8/c17-16(18)5-10(15(25)26)9(14(23)24)4-11(16)6-1-2-7(12(19)20)8(3-6)13(21)22/h1-4H,5H2,(H,19,20)(H,21,22)(H,23,24)(H,25,26). The van der Waals surface area contributed by atoms with Gasteiger partial charge in [0.25, 0.3) is 0 Å². The third kappa shape index (κ3) is 3.70. The topological polar surface area (TPSA) is 149 Å². The summed E-state index contributed by atoms with van der Waals surface area (Å²) in [7, 11) is 0. The number of allylic oxidation sites excluding steroid dienone is 1. The first kappa shape index (κ1) is 19.9. The lowest BCUT2D eigenvalue weighted by Crippen LogP contribution is -2.25. The Morgan fingerprint density at radius 3 is 1.88 bits per heavy atom. The Morgan fingerprint density at radius 1 is 0.846 bits per heavy atom. The average molecular weight is 490 g/mol. The smallest absolute Gasteiger partial charge is 0.336 e. The molecule has 0 unspecified atom stereocenters. The molecule has 26 heavy (non-hydrogen) atoms. The van der Waals surface area contributed by atoms with E-state index in [4.69, 9.17) is 5.11 Å². The number of carboxylic acids is 4. The first-order chi connectivity index (χ1) is 12.0. The van der Waals surface area contributed by atoms with Crippen LogP contribution in [0.3, 0.4) is 0 Å². The van der Waals surface area contributed by atoms with Crippen LogP contribution in [0.1, 0.15) is 32.7 Å². The molecule has 0 saturated heterocycles. The van der Waals surface area contributed by atoms with Gasteiger partial charge in [-0.1, -0.05) is 37.9 Å². The van der Waals surface area contributed by atoms with Gasteiger partial charge < -0.3 is 20.4 Å². The zero-order chi connectivity index (χ0) is 19.8. The predicted molar refractivity (Wildman–Crippen MR) is 95.8 cm³/mol. The summed E-state index contributed by atoms with van der Waals surface area (Å²) in [5, 5.41) is 36.8. The second-order valence-corrected chi connectivity index (χ2v) is 9.08. The van der Waals surface area contributed by atoms with Gasteiger partial charge in [-0.05, 0) is 29.3 Å². The molecular weight excluding hydrogens is 480 g/mol. The Morgan fingerprint density at radius 2 is 1.42 bits per heavy atom. The van der Waals surface area contributed by atoms with E-state index in [1.807, 2.05) is 0 Å². The van der Waals surface area contributed by atoms with E-state index in [1.165, 1.54) is 6.07 Å². The number of alkyl halides is 2. The summed E-state index contributed by atoms with van der Waals surface area (Å²) >= 11 is 6.57. The second-order valence-electron chi connectivity index (χ2n) is 5.31. The highest BCUT2D eigenvalue weighted by Gasteiger charge is 2.39. The van der Waals surface area contributed by atoms with E-state index >= 15 is 0 Å². The minimum atomic E-state index is -1.46. The van der Waals surface area contributed by atoms with E-state index in [0.717, 1.165) is 18.2 Å². The molecule has 0 amide bonds. The van der Waals surface area contributed by atoms with Crippen LogP contribution in [0.5, 0.6) is 0 Å². The van der Waals surface area contributed by atoms with E-state index in [-0.39, 0.29) is 23.1 Å². The Kier molecular flexibility index (Phi) is 5.38. The van der Waals surface area contributed by atoms with Crippen LogP contribution in [-0.4, -0.2) is 47.5 Å². The Labute approximate surface area is 162 Å². The van der Waals surface area contributed by atoms with Crippen LogP contribution in [0.2, 0.25) is 0 Å².